The van der Waals surface area contributed by atoms with Gasteiger partial charge in [-0.1, -0.05) is 13.8 Å². The molecule has 112 valence electrons. The molecule has 1 rings (SSSR count). The molecule has 0 bridgehead atoms. The van der Waals surface area contributed by atoms with Crippen LogP contribution in [-0.4, -0.2) is 62.9 Å². The first-order valence-electron chi connectivity index (χ1n) is 7.32. The normalized spacial score (nSPS) is 24.2. The molecular formula is C14H28N2O3. The molecule has 0 aromatic rings. The Labute approximate surface area is 116 Å². The average molecular weight is 272 g/mol. The van der Waals surface area contributed by atoms with Crippen LogP contribution < -0.4 is 5.32 Å². The first-order valence-corrected chi connectivity index (χ1v) is 7.32. The average Bonchev–Trinajstić information content (AvgIpc) is 2.69. The second-order valence-corrected chi connectivity index (χ2v) is 4.99. The van der Waals surface area contributed by atoms with Crippen molar-refractivity contribution in [3.8, 4) is 0 Å². The summed E-state index contributed by atoms with van der Waals surface area (Å²) in [5.74, 6) is -0.155. The molecular weight excluding hydrogens is 244 g/mol. The number of methoxy groups -OCH3 is 1. The van der Waals surface area contributed by atoms with Crippen LogP contribution in [0, 0.1) is 0 Å². The molecule has 0 radical (unpaired) electrons. The molecule has 0 aliphatic carbocycles. The highest BCUT2D eigenvalue weighted by molar-refractivity contribution is 5.80. The largest absolute Gasteiger partial charge is 0.468 e. The first kappa shape index (κ1) is 16.4. The maximum atomic E-state index is 12.1. The van der Waals surface area contributed by atoms with E-state index in [1.807, 2.05) is 0 Å². The van der Waals surface area contributed by atoms with Crippen LogP contribution in [0.3, 0.4) is 0 Å². The van der Waals surface area contributed by atoms with Crippen molar-refractivity contribution in [3.05, 3.63) is 0 Å². The van der Waals surface area contributed by atoms with Crippen molar-refractivity contribution >= 4 is 5.97 Å². The number of ether oxygens (including phenoxy) is 2. The Kier molecular flexibility index (Phi) is 7.34. The van der Waals surface area contributed by atoms with Crippen LogP contribution in [0.1, 0.15) is 33.1 Å². The maximum absolute atomic E-state index is 12.1. The van der Waals surface area contributed by atoms with Crippen molar-refractivity contribution in [3.63, 3.8) is 0 Å². The van der Waals surface area contributed by atoms with Crippen LogP contribution in [0.2, 0.25) is 0 Å². The van der Waals surface area contributed by atoms with E-state index in [1.54, 1.807) is 0 Å². The quantitative estimate of drug-likeness (QED) is 0.702. The third kappa shape index (κ3) is 4.75. The van der Waals surface area contributed by atoms with Gasteiger partial charge < -0.3 is 19.7 Å². The van der Waals surface area contributed by atoms with Gasteiger partial charge >= 0.3 is 5.97 Å². The SMILES string of the molecule is CCN(CC)CCNC1(C(=O)OC)CCCOCC1. The van der Waals surface area contributed by atoms with Crippen LogP contribution in [0.5, 0.6) is 0 Å². The van der Waals surface area contributed by atoms with E-state index in [-0.39, 0.29) is 5.97 Å². The van der Waals surface area contributed by atoms with E-state index in [0.29, 0.717) is 13.0 Å². The zero-order valence-electron chi connectivity index (χ0n) is 12.5. The lowest BCUT2D eigenvalue weighted by molar-refractivity contribution is -0.149. The van der Waals surface area contributed by atoms with Gasteiger partial charge in [0.05, 0.1) is 7.11 Å². The number of hydrogen-bond acceptors (Lipinski definition) is 5. The monoisotopic (exact) mass is 272 g/mol. The van der Waals surface area contributed by atoms with Crippen LogP contribution >= 0.6 is 0 Å². The van der Waals surface area contributed by atoms with Gasteiger partial charge in [0.2, 0.25) is 0 Å². The highest BCUT2D eigenvalue weighted by Gasteiger charge is 2.39. The van der Waals surface area contributed by atoms with Gasteiger partial charge in [0.1, 0.15) is 5.54 Å². The summed E-state index contributed by atoms with van der Waals surface area (Å²) in [5.41, 5.74) is -0.557. The molecule has 19 heavy (non-hydrogen) atoms. The minimum Gasteiger partial charge on any atom is -0.468 e. The van der Waals surface area contributed by atoms with Gasteiger partial charge in [-0.05, 0) is 32.4 Å². The van der Waals surface area contributed by atoms with Crippen molar-refractivity contribution < 1.29 is 14.3 Å². The fourth-order valence-corrected chi connectivity index (χ4v) is 2.59. The molecule has 0 spiro atoms. The summed E-state index contributed by atoms with van der Waals surface area (Å²) in [5, 5.41) is 3.43. The van der Waals surface area contributed by atoms with Gasteiger partial charge in [-0.2, -0.15) is 0 Å². The number of rotatable bonds is 7. The highest BCUT2D eigenvalue weighted by Crippen LogP contribution is 2.22. The van der Waals surface area contributed by atoms with Gasteiger partial charge in [-0.25, -0.2) is 0 Å². The minimum atomic E-state index is -0.557. The van der Waals surface area contributed by atoms with E-state index in [2.05, 4.69) is 24.1 Å². The molecule has 1 aliphatic heterocycles. The lowest BCUT2D eigenvalue weighted by atomic mass is 9.90. The Balaban J connectivity index is 2.56. The number of hydrogen-bond donors (Lipinski definition) is 1. The summed E-state index contributed by atoms with van der Waals surface area (Å²) in [6.07, 6.45) is 2.38. The third-order valence-electron chi connectivity index (χ3n) is 3.93. The summed E-state index contributed by atoms with van der Waals surface area (Å²) in [4.78, 5) is 14.4. The molecule has 5 heteroatoms. The topological polar surface area (TPSA) is 50.8 Å². The summed E-state index contributed by atoms with van der Waals surface area (Å²) in [7, 11) is 1.46. The summed E-state index contributed by atoms with van der Waals surface area (Å²) in [6.45, 7) is 9.48. The molecule has 1 saturated heterocycles. The number of nitrogens with one attached hydrogen (secondary N) is 1. The standard InChI is InChI=1S/C14H28N2O3/c1-4-16(5-2)10-9-15-14(13(17)18-3)7-6-11-19-12-8-14/h15H,4-12H2,1-3H3. The van der Waals surface area contributed by atoms with Crippen molar-refractivity contribution in [2.24, 2.45) is 0 Å². The van der Waals surface area contributed by atoms with E-state index in [4.69, 9.17) is 9.47 Å². The Hall–Kier alpha value is -0.650. The molecule has 0 saturated carbocycles. The molecule has 0 amide bonds. The van der Waals surface area contributed by atoms with Crippen molar-refractivity contribution in [2.75, 3.05) is 46.5 Å². The summed E-state index contributed by atoms with van der Waals surface area (Å²) in [6, 6.07) is 0. The maximum Gasteiger partial charge on any atom is 0.326 e. The predicted molar refractivity (Wildman–Crippen MR) is 75.2 cm³/mol. The van der Waals surface area contributed by atoms with Crippen LogP contribution in [0.25, 0.3) is 0 Å². The smallest absolute Gasteiger partial charge is 0.326 e. The lowest BCUT2D eigenvalue weighted by Gasteiger charge is -2.31. The Bertz CT molecular complexity index is 259. The van der Waals surface area contributed by atoms with E-state index >= 15 is 0 Å². The zero-order chi connectivity index (χ0) is 14.1. The molecule has 1 heterocycles. The summed E-state index contributed by atoms with van der Waals surface area (Å²) >= 11 is 0. The van der Waals surface area contributed by atoms with Crippen molar-refractivity contribution in [1.82, 2.24) is 10.2 Å². The Morgan fingerprint density at radius 2 is 2.05 bits per heavy atom. The van der Waals surface area contributed by atoms with Gasteiger partial charge in [-0.15, -0.1) is 0 Å². The van der Waals surface area contributed by atoms with Crippen LogP contribution in [0.4, 0.5) is 0 Å². The van der Waals surface area contributed by atoms with Gasteiger partial charge in [-0.3, -0.25) is 4.79 Å². The van der Waals surface area contributed by atoms with Crippen LogP contribution in [0.15, 0.2) is 0 Å². The number of nitrogens with zero attached hydrogens (tertiary/aromatic N) is 1. The van der Waals surface area contributed by atoms with E-state index in [0.717, 1.165) is 45.6 Å². The minimum absolute atomic E-state index is 0.155. The van der Waals surface area contributed by atoms with E-state index < -0.39 is 5.54 Å². The fraction of sp³-hybridized carbons (Fsp3) is 0.929. The molecule has 1 unspecified atom stereocenters. The highest BCUT2D eigenvalue weighted by atomic mass is 16.5. The number of carbonyl (C=O) groups excluding carboxylic acids is 1. The predicted octanol–water partition coefficient (Wildman–Crippen LogP) is 1.03. The zero-order valence-corrected chi connectivity index (χ0v) is 12.5. The van der Waals surface area contributed by atoms with Gasteiger partial charge in [0, 0.05) is 26.3 Å². The molecule has 1 aliphatic rings. The fourth-order valence-electron chi connectivity index (χ4n) is 2.59. The molecule has 1 atom stereocenters. The van der Waals surface area contributed by atoms with Crippen LogP contribution in [-0.2, 0) is 14.3 Å². The second-order valence-electron chi connectivity index (χ2n) is 4.99. The van der Waals surface area contributed by atoms with E-state index in [9.17, 15) is 4.79 Å². The van der Waals surface area contributed by atoms with Crippen molar-refractivity contribution in [2.45, 2.75) is 38.6 Å². The second kappa shape index (κ2) is 8.51. The molecule has 1 fully saturated rings. The lowest BCUT2D eigenvalue weighted by Crippen LogP contribution is -2.54. The first-order chi connectivity index (χ1) is 9.18. The number of esters is 1. The molecule has 1 N–H and O–H groups in total. The Morgan fingerprint density at radius 1 is 1.32 bits per heavy atom. The van der Waals surface area contributed by atoms with E-state index in [1.165, 1.54) is 7.11 Å². The van der Waals surface area contributed by atoms with Gasteiger partial charge in [0.15, 0.2) is 0 Å². The number of carbonyl (C=O) groups is 1. The molecule has 5 nitrogen and oxygen atoms in total. The Morgan fingerprint density at radius 3 is 2.68 bits per heavy atom. The summed E-state index contributed by atoms with van der Waals surface area (Å²) < 4.78 is 10.4. The van der Waals surface area contributed by atoms with Gasteiger partial charge in [0.25, 0.3) is 0 Å². The third-order valence-corrected chi connectivity index (χ3v) is 3.93. The molecule has 0 aromatic carbocycles. The number of likely N-dealkylation sites (N-methyl/N-ethyl adjacent to an activating group) is 1. The van der Waals surface area contributed by atoms with Crippen molar-refractivity contribution in [1.29, 1.82) is 0 Å². The molecule has 0 aromatic heterocycles.